The van der Waals surface area contributed by atoms with Crippen LogP contribution in [0.25, 0.3) is 0 Å². The zero-order chi connectivity index (χ0) is 8.27. The zero-order valence-corrected chi connectivity index (χ0v) is 6.92. The van der Waals surface area contributed by atoms with E-state index in [-0.39, 0.29) is 18.9 Å². The van der Waals surface area contributed by atoms with Crippen molar-refractivity contribution in [2.24, 2.45) is 0 Å². The molecular weight excluding hydrogens is 142 g/mol. The summed E-state index contributed by atoms with van der Waals surface area (Å²) in [5.41, 5.74) is 0. The Morgan fingerprint density at radius 1 is 1.73 bits per heavy atom. The van der Waals surface area contributed by atoms with E-state index in [0.717, 1.165) is 19.4 Å². The molecule has 0 radical (unpaired) electrons. The Hall–Kier alpha value is -0.570. The van der Waals surface area contributed by atoms with Crippen molar-refractivity contribution in [2.45, 2.75) is 32.2 Å². The summed E-state index contributed by atoms with van der Waals surface area (Å²) in [4.78, 5) is 13.1. The van der Waals surface area contributed by atoms with Crippen molar-refractivity contribution in [1.29, 1.82) is 0 Å². The molecule has 1 heterocycles. The van der Waals surface area contributed by atoms with Crippen LogP contribution in [0.1, 0.15) is 26.2 Å². The summed E-state index contributed by atoms with van der Waals surface area (Å²) in [6.07, 6.45) is 2.50. The quantitative estimate of drug-likeness (QED) is 0.629. The van der Waals surface area contributed by atoms with Crippen molar-refractivity contribution >= 4 is 5.91 Å². The molecule has 1 atom stereocenters. The van der Waals surface area contributed by atoms with E-state index < -0.39 is 0 Å². The molecule has 0 aromatic carbocycles. The average Bonchev–Trinajstić information content (AvgIpc) is 2.36. The fourth-order valence-corrected chi connectivity index (χ4v) is 1.54. The first-order valence-electron chi connectivity index (χ1n) is 4.16. The SMILES string of the molecule is CC1CCCN1C(=O)CCO. The number of amides is 1. The van der Waals surface area contributed by atoms with Crippen LogP contribution in [0.4, 0.5) is 0 Å². The molecule has 1 aliphatic heterocycles. The Morgan fingerprint density at radius 2 is 2.45 bits per heavy atom. The van der Waals surface area contributed by atoms with Gasteiger partial charge in [-0.15, -0.1) is 0 Å². The Kier molecular flexibility index (Phi) is 2.88. The topological polar surface area (TPSA) is 40.5 Å². The van der Waals surface area contributed by atoms with Crippen molar-refractivity contribution in [3.63, 3.8) is 0 Å². The molecule has 3 heteroatoms. The molecule has 1 amide bonds. The number of carbonyl (C=O) groups excluding carboxylic acids is 1. The smallest absolute Gasteiger partial charge is 0.225 e. The molecule has 0 aromatic heterocycles. The van der Waals surface area contributed by atoms with E-state index in [1.165, 1.54) is 0 Å². The lowest BCUT2D eigenvalue weighted by molar-refractivity contribution is -0.132. The lowest BCUT2D eigenvalue weighted by Crippen LogP contribution is -2.33. The van der Waals surface area contributed by atoms with Crippen LogP contribution in [0.3, 0.4) is 0 Å². The summed E-state index contributed by atoms with van der Waals surface area (Å²) < 4.78 is 0. The zero-order valence-electron chi connectivity index (χ0n) is 6.92. The molecule has 3 nitrogen and oxygen atoms in total. The molecule has 11 heavy (non-hydrogen) atoms. The summed E-state index contributed by atoms with van der Waals surface area (Å²) in [6, 6.07) is 0.383. The monoisotopic (exact) mass is 157 g/mol. The largest absolute Gasteiger partial charge is 0.396 e. The molecule has 1 aliphatic rings. The predicted molar refractivity (Wildman–Crippen MR) is 42.1 cm³/mol. The van der Waals surface area contributed by atoms with Crippen LogP contribution >= 0.6 is 0 Å². The van der Waals surface area contributed by atoms with Crippen LogP contribution in [0, 0.1) is 0 Å². The van der Waals surface area contributed by atoms with Gasteiger partial charge in [-0.05, 0) is 19.8 Å². The molecular formula is C8H15NO2. The van der Waals surface area contributed by atoms with Gasteiger partial charge in [-0.2, -0.15) is 0 Å². The molecule has 1 N–H and O–H groups in total. The predicted octanol–water partition coefficient (Wildman–Crippen LogP) is 0.380. The molecule has 0 aliphatic carbocycles. The molecule has 1 rings (SSSR count). The van der Waals surface area contributed by atoms with Crippen LogP contribution in [0.15, 0.2) is 0 Å². The van der Waals surface area contributed by atoms with E-state index in [1.54, 1.807) is 0 Å². The van der Waals surface area contributed by atoms with Gasteiger partial charge in [-0.1, -0.05) is 0 Å². The second-order valence-electron chi connectivity index (χ2n) is 3.05. The second kappa shape index (κ2) is 3.72. The van der Waals surface area contributed by atoms with Crippen molar-refractivity contribution in [1.82, 2.24) is 4.90 Å². The van der Waals surface area contributed by atoms with Crippen LogP contribution in [0.5, 0.6) is 0 Å². The number of hydrogen-bond acceptors (Lipinski definition) is 2. The summed E-state index contributed by atoms with van der Waals surface area (Å²) in [6.45, 7) is 2.91. The minimum atomic E-state index is -0.0257. The van der Waals surface area contributed by atoms with Gasteiger partial charge in [-0.25, -0.2) is 0 Å². The number of likely N-dealkylation sites (tertiary alicyclic amines) is 1. The van der Waals surface area contributed by atoms with Crippen LogP contribution in [0.2, 0.25) is 0 Å². The molecule has 0 saturated carbocycles. The summed E-state index contributed by atoms with van der Waals surface area (Å²) in [7, 11) is 0. The second-order valence-corrected chi connectivity index (χ2v) is 3.05. The van der Waals surface area contributed by atoms with Gasteiger partial charge in [-0.3, -0.25) is 4.79 Å². The van der Waals surface area contributed by atoms with E-state index in [4.69, 9.17) is 5.11 Å². The highest BCUT2D eigenvalue weighted by Crippen LogP contribution is 2.16. The van der Waals surface area contributed by atoms with E-state index in [9.17, 15) is 4.79 Å². The van der Waals surface area contributed by atoms with Crippen LogP contribution < -0.4 is 0 Å². The molecule has 1 unspecified atom stereocenters. The number of aliphatic hydroxyl groups is 1. The van der Waals surface area contributed by atoms with E-state index in [2.05, 4.69) is 6.92 Å². The summed E-state index contributed by atoms with van der Waals surface area (Å²) in [5, 5.41) is 8.54. The Bertz CT molecular complexity index is 147. The first kappa shape index (κ1) is 8.53. The number of carbonyl (C=O) groups is 1. The fourth-order valence-electron chi connectivity index (χ4n) is 1.54. The average molecular weight is 157 g/mol. The highest BCUT2D eigenvalue weighted by atomic mass is 16.3. The van der Waals surface area contributed by atoms with Crippen LogP contribution in [-0.4, -0.2) is 35.1 Å². The normalized spacial score (nSPS) is 24.2. The van der Waals surface area contributed by atoms with Crippen molar-refractivity contribution in [3.05, 3.63) is 0 Å². The van der Waals surface area contributed by atoms with Gasteiger partial charge in [0.25, 0.3) is 0 Å². The van der Waals surface area contributed by atoms with Crippen LogP contribution in [-0.2, 0) is 4.79 Å². The van der Waals surface area contributed by atoms with E-state index >= 15 is 0 Å². The number of nitrogens with zero attached hydrogens (tertiary/aromatic N) is 1. The fraction of sp³-hybridized carbons (Fsp3) is 0.875. The first-order chi connectivity index (χ1) is 5.25. The number of aliphatic hydroxyl groups excluding tert-OH is 1. The molecule has 0 bridgehead atoms. The van der Waals surface area contributed by atoms with E-state index in [0.29, 0.717) is 6.04 Å². The van der Waals surface area contributed by atoms with E-state index in [1.807, 2.05) is 4.90 Å². The van der Waals surface area contributed by atoms with Gasteiger partial charge in [0.05, 0.1) is 6.61 Å². The van der Waals surface area contributed by atoms with Gasteiger partial charge in [0, 0.05) is 19.0 Å². The highest BCUT2D eigenvalue weighted by Gasteiger charge is 2.23. The Balaban J connectivity index is 2.39. The third-order valence-corrected chi connectivity index (χ3v) is 2.20. The maximum Gasteiger partial charge on any atom is 0.225 e. The van der Waals surface area contributed by atoms with Crippen molar-refractivity contribution in [2.75, 3.05) is 13.2 Å². The van der Waals surface area contributed by atoms with Crippen molar-refractivity contribution in [3.8, 4) is 0 Å². The minimum Gasteiger partial charge on any atom is -0.396 e. The highest BCUT2D eigenvalue weighted by molar-refractivity contribution is 5.76. The minimum absolute atomic E-state index is 0.0257. The Morgan fingerprint density at radius 3 is 2.91 bits per heavy atom. The number of rotatable bonds is 2. The molecule has 0 spiro atoms. The lowest BCUT2D eigenvalue weighted by atomic mass is 10.2. The van der Waals surface area contributed by atoms with Gasteiger partial charge in [0.1, 0.15) is 0 Å². The van der Waals surface area contributed by atoms with Gasteiger partial charge in [0.2, 0.25) is 5.91 Å². The number of hydrogen-bond donors (Lipinski definition) is 1. The van der Waals surface area contributed by atoms with Gasteiger partial charge < -0.3 is 10.0 Å². The van der Waals surface area contributed by atoms with Crippen molar-refractivity contribution < 1.29 is 9.90 Å². The van der Waals surface area contributed by atoms with Gasteiger partial charge >= 0.3 is 0 Å². The third-order valence-electron chi connectivity index (χ3n) is 2.20. The lowest BCUT2D eigenvalue weighted by Gasteiger charge is -2.20. The molecule has 0 aromatic rings. The molecule has 1 fully saturated rings. The third kappa shape index (κ3) is 1.93. The summed E-state index contributed by atoms with van der Waals surface area (Å²) in [5.74, 6) is 0.0949. The Labute approximate surface area is 67.0 Å². The first-order valence-corrected chi connectivity index (χ1v) is 4.16. The maximum atomic E-state index is 11.2. The van der Waals surface area contributed by atoms with Gasteiger partial charge in [0.15, 0.2) is 0 Å². The molecule has 64 valence electrons. The molecule has 1 saturated heterocycles. The summed E-state index contributed by atoms with van der Waals surface area (Å²) >= 11 is 0. The standard InChI is InChI=1S/C8H15NO2/c1-7-3-2-5-9(7)8(11)4-6-10/h7,10H,2-6H2,1H3. The maximum absolute atomic E-state index is 11.2.